The quantitative estimate of drug-likeness (QED) is 0.0244. The van der Waals surface area contributed by atoms with E-state index < -0.39 is 95.5 Å². The van der Waals surface area contributed by atoms with Gasteiger partial charge in [0, 0.05) is 19.5 Å². The average Bonchev–Trinajstić information content (AvgIpc) is 0.968. The van der Waals surface area contributed by atoms with E-state index in [-0.39, 0.29) is 79.0 Å². The van der Waals surface area contributed by atoms with Gasteiger partial charge in [0.1, 0.15) is 0 Å². The molecular formula is C68H124N2O30S. The number of rotatable bonds is 31. The van der Waals surface area contributed by atoms with Crippen molar-refractivity contribution >= 4 is 102 Å². The van der Waals surface area contributed by atoms with Gasteiger partial charge in [-0.15, -0.1) is 0 Å². The second kappa shape index (κ2) is 80.4. The van der Waals surface area contributed by atoms with Crippen LogP contribution in [0.3, 0.4) is 0 Å². The van der Waals surface area contributed by atoms with E-state index >= 15 is 0 Å². The lowest BCUT2D eigenvalue weighted by atomic mass is 9.94. The summed E-state index contributed by atoms with van der Waals surface area (Å²) in [5.74, 6) is -11.1. The molecule has 0 saturated heterocycles. The van der Waals surface area contributed by atoms with Gasteiger partial charge in [0.05, 0.1) is 77.8 Å². The highest BCUT2D eigenvalue weighted by Gasteiger charge is 2.18. The van der Waals surface area contributed by atoms with Gasteiger partial charge in [0.2, 0.25) is 12.8 Å². The number of amides is 2. The first-order valence-corrected chi connectivity index (χ1v) is 33.4. The summed E-state index contributed by atoms with van der Waals surface area (Å²) in [6, 6.07) is 9.65. The average molecular weight is 1480 g/mol. The number of carboxylic acid groups (broad SMARTS) is 12. The van der Waals surface area contributed by atoms with Crippen molar-refractivity contribution in [1.29, 1.82) is 0 Å². The van der Waals surface area contributed by atoms with E-state index in [1.54, 1.807) is 87.9 Å². The number of benzene rings is 1. The van der Waals surface area contributed by atoms with Crippen molar-refractivity contribution in [3.8, 4) is 0 Å². The first-order valence-electron chi connectivity index (χ1n) is 32.0. The molecule has 592 valence electrons. The van der Waals surface area contributed by atoms with Crippen LogP contribution >= 0.6 is 11.8 Å². The third-order valence-electron chi connectivity index (χ3n) is 12.8. The maximum Gasteiger partial charge on any atom is 0.373 e. The van der Waals surface area contributed by atoms with Crippen LogP contribution in [0.1, 0.15) is 183 Å². The number of carboxylic acids is 12. The number of hydrogen-bond donors (Lipinski definition) is 16. The molecule has 1 aromatic carbocycles. The van der Waals surface area contributed by atoms with Crippen LogP contribution in [0.5, 0.6) is 0 Å². The van der Waals surface area contributed by atoms with Gasteiger partial charge in [-0.2, -0.15) is 21.4 Å². The molecule has 0 fully saturated rings. The molecule has 1 aromatic rings. The molecule has 0 aromatic heterocycles. The van der Waals surface area contributed by atoms with Crippen LogP contribution in [0.4, 0.5) is 0 Å². The van der Waals surface area contributed by atoms with Gasteiger partial charge in [-0.05, 0) is 81.8 Å². The third-order valence-corrected chi connectivity index (χ3v) is 13.4. The minimum atomic E-state index is -0.958. The maximum atomic E-state index is 10.5. The third kappa shape index (κ3) is 108. The molecule has 0 aliphatic rings. The second-order valence-electron chi connectivity index (χ2n) is 23.7. The Balaban J connectivity index is -0.0000000857. The molecule has 0 aliphatic carbocycles. The van der Waals surface area contributed by atoms with Crippen molar-refractivity contribution in [2.45, 2.75) is 190 Å². The minimum absolute atomic E-state index is 0.183. The summed E-state index contributed by atoms with van der Waals surface area (Å²) in [4.78, 5) is 156. The normalized spacial score (nSPS) is 12.6. The molecule has 0 saturated carbocycles. The van der Waals surface area contributed by atoms with E-state index in [0.29, 0.717) is 44.0 Å². The molecule has 2 amide bonds. The highest BCUT2D eigenvalue weighted by molar-refractivity contribution is 7.98. The predicted molar refractivity (Wildman–Crippen MR) is 377 cm³/mol. The smallest absolute Gasteiger partial charge is 0.373 e. The Morgan fingerprint density at radius 1 is 0.455 bits per heavy atom. The largest absolute Gasteiger partial charge is 0.481 e. The standard InChI is InChI=1S/C10H12O2.2C7H14O2.C6H11NO3.C6H12O2S.C6H12O2.C5H9NO3.C5H10O3.C4H8O3.2C4H8O2.C3H6O2.CO2/c1-8(10(11)12)7-9-5-3-2-4-6-9;1-5(2)4-6(3)7(8)9;1-4-5(2)6(3)7(8)9;1-5(6(9)10)2-3-7-4-8;1-5(6(7)8)3-4-9-2;1-4(2)5(3)6(7)8;1-4(5(8)9)2-6-3-7;1-3(4(2)6)5(7)8;1-3(2-5)4(6)7;2*1-3(2)4(5)6;1-2-3(4)5;2-1-3/h2-6,8H,7H2,1H3,(H,11,12);2*5-6H,4H2,1-3H3,(H,8,9);4-5H,2-3H2,1H3,(H,7,8)(H,9,10);5H,3-4H2,1-2H3,(H,7,8);4-5H,1-3H3,(H,7,8);3-4H,2H2,1H3,(H,6,7)(H,8,9);3-4,6H,1-2H3,(H,7,8);3,5H,2H2,1H3,(H,6,7);2*3H,1-2H3,(H,5,6);2H2,1H3,(H,4,5);. The first kappa shape index (κ1) is 119. The molecule has 0 spiro atoms. The number of carbonyl (C=O) groups is 14. The number of hydrogen-bond acceptors (Lipinski definition) is 19. The van der Waals surface area contributed by atoms with Crippen molar-refractivity contribution in [1.82, 2.24) is 10.6 Å². The number of carbonyl (C=O) groups excluding carboxylic acids is 4. The Labute approximate surface area is 599 Å². The van der Waals surface area contributed by atoms with E-state index in [9.17, 15) is 67.1 Å². The fourth-order valence-corrected chi connectivity index (χ4v) is 4.83. The highest BCUT2D eigenvalue weighted by Crippen LogP contribution is 2.14. The monoisotopic (exact) mass is 1480 g/mol. The molecule has 11 atom stereocenters. The van der Waals surface area contributed by atoms with E-state index in [4.69, 9.17) is 81.1 Å². The summed E-state index contributed by atoms with van der Waals surface area (Å²) in [5.41, 5.74) is 1.08. The molecule has 16 N–H and O–H groups in total. The van der Waals surface area contributed by atoms with Crippen molar-refractivity contribution in [3.63, 3.8) is 0 Å². The molecule has 32 nitrogen and oxygen atoms in total. The molecule has 0 bridgehead atoms. The Kier molecular flexibility index (Phi) is 95.1. The van der Waals surface area contributed by atoms with Crippen LogP contribution in [0.25, 0.3) is 0 Å². The van der Waals surface area contributed by atoms with Crippen molar-refractivity contribution in [3.05, 3.63) is 35.9 Å². The summed E-state index contributed by atoms with van der Waals surface area (Å²) in [6.45, 7) is 36.5. The Morgan fingerprint density at radius 3 is 0.960 bits per heavy atom. The Hall–Kier alpha value is -8.55. The van der Waals surface area contributed by atoms with Gasteiger partial charge < -0.3 is 82.1 Å². The topological polar surface area (TPSA) is 580 Å². The van der Waals surface area contributed by atoms with Gasteiger partial charge in [-0.3, -0.25) is 67.1 Å². The Morgan fingerprint density at radius 2 is 0.782 bits per heavy atom. The van der Waals surface area contributed by atoms with E-state index in [1.807, 2.05) is 78.1 Å². The van der Waals surface area contributed by atoms with Crippen LogP contribution in [-0.4, -0.2) is 200 Å². The van der Waals surface area contributed by atoms with Gasteiger partial charge >= 0.3 is 77.8 Å². The summed E-state index contributed by atoms with van der Waals surface area (Å²) in [5, 5.41) is 120. The summed E-state index contributed by atoms with van der Waals surface area (Å²) in [6.07, 6.45) is 6.32. The fourth-order valence-electron chi connectivity index (χ4n) is 4.24. The van der Waals surface area contributed by atoms with Crippen molar-refractivity contribution in [2.24, 2.45) is 82.9 Å². The molecule has 0 aliphatic heterocycles. The zero-order valence-corrected chi connectivity index (χ0v) is 63.8. The van der Waals surface area contributed by atoms with Crippen LogP contribution in [0, 0.1) is 82.9 Å². The fraction of sp³-hybridized carbons (Fsp3) is 0.691. The maximum absolute atomic E-state index is 10.5. The van der Waals surface area contributed by atoms with Gasteiger partial charge in [0.15, 0.2) is 0 Å². The Bertz CT molecular complexity index is 2320. The summed E-state index contributed by atoms with van der Waals surface area (Å²) >= 11 is 1.68. The number of nitrogens with one attached hydrogen (secondary N) is 2. The number of aliphatic hydroxyl groups is 2. The molecule has 33 heteroatoms. The van der Waals surface area contributed by atoms with Crippen molar-refractivity contribution < 1.29 is 148 Å². The van der Waals surface area contributed by atoms with E-state index in [1.165, 1.54) is 27.7 Å². The number of thioether (sulfide) groups is 1. The van der Waals surface area contributed by atoms with Gasteiger partial charge in [0.25, 0.3) is 0 Å². The summed E-state index contributed by atoms with van der Waals surface area (Å²) < 4.78 is 0. The molecule has 11 unspecified atom stereocenters. The van der Waals surface area contributed by atoms with Gasteiger partial charge in [-0.1, -0.05) is 161 Å². The molecule has 1 rings (SSSR count). The zero-order chi connectivity index (χ0) is 83.0. The summed E-state index contributed by atoms with van der Waals surface area (Å²) in [7, 11) is 0. The second-order valence-corrected chi connectivity index (χ2v) is 24.7. The van der Waals surface area contributed by atoms with Crippen LogP contribution in [-0.2, 0) is 83.1 Å². The van der Waals surface area contributed by atoms with Gasteiger partial charge in [-0.25, -0.2) is 0 Å². The lowest BCUT2D eigenvalue weighted by Gasteiger charge is -2.11. The van der Waals surface area contributed by atoms with Crippen LogP contribution in [0.2, 0.25) is 0 Å². The zero-order valence-electron chi connectivity index (χ0n) is 63.0. The lowest BCUT2D eigenvalue weighted by molar-refractivity contribution is -0.192. The number of aliphatic carboxylic acids is 12. The SMILES string of the molecule is CC(C)C(=O)O.CC(C)C(=O)O.CC(C)C(C)C(=O)O.CC(C)CC(C)C(=O)O.CC(CCNC=O)C(=O)O.CC(CNC=O)C(=O)O.CC(CO)C(=O)O.CC(Cc1ccccc1)C(=O)O.CC(O)C(C)C(=O)O.CCC(=O)O.CCC(C)C(C)C(=O)O.CSCCC(C)C(=O)O.O=C=O. The van der Waals surface area contributed by atoms with E-state index in [2.05, 4.69) is 10.6 Å². The first-order chi connectivity index (χ1) is 46.1. The molecule has 101 heavy (non-hydrogen) atoms. The molecular weight excluding hydrogens is 1360 g/mol. The predicted octanol–water partition coefficient (Wildman–Crippen LogP) is 8.71. The molecule has 0 radical (unpaired) electrons. The van der Waals surface area contributed by atoms with Crippen LogP contribution in [0.15, 0.2) is 30.3 Å². The highest BCUT2D eigenvalue weighted by atomic mass is 32.2. The lowest BCUT2D eigenvalue weighted by Crippen LogP contribution is -2.24. The van der Waals surface area contributed by atoms with Crippen molar-refractivity contribution in [2.75, 3.05) is 31.7 Å². The minimum Gasteiger partial charge on any atom is -0.481 e. The van der Waals surface area contributed by atoms with E-state index in [0.717, 1.165) is 30.6 Å². The molecule has 0 heterocycles. The van der Waals surface area contributed by atoms with Crippen LogP contribution < -0.4 is 10.6 Å². The number of aliphatic hydroxyl groups excluding tert-OH is 2.